The van der Waals surface area contributed by atoms with E-state index >= 15 is 0 Å². The minimum absolute atomic E-state index is 0.0236. The van der Waals surface area contributed by atoms with Gasteiger partial charge in [0.1, 0.15) is 11.6 Å². The van der Waals surface area contributed by atoms with Crippen LogP contribution >= 0.6 is 11.8 Å². The zero-order valence-corrected chi connectivity index (χ0v) is 18.8. The normalized spacial score (nSPS) is 15.1. The van der Waals surface area contributed by atoms with Gasteiger partial charge in [-0.05, 0) is 41.7 Å². The summed E-state index contributed by atoms with van der Waals surface area (Å²) in [5, 5.41) is 5.94. The second kappa shape index (κ2) is 9.46. The maximum atomic E-state index is 13.1. The third kappa shape index (κ3) is 4.47. The van der Waals surface area contributed by atoms with Crippen LogP contribution in [-0.4, -0.2) is 21.1 Å². The predicted molar refractivity (Wildman–Crippen MR) is 135 cm³/mol. The number of hydrogen-bond donors (Lipinski definition) is 1. The number of rotatable bonds is 7. The quantitative estimate of drug-likeness (QED) is 0.400. The Balaban J connectivity index is 1.64. The van der Waals surface area contributed by atoms with Crippen LogP contribution in [0.2, 0.25) is 0 Å². The molecule has 2 aromatic carbocycles. The predicted octanol–water partition coefficient (Wildman–Crippen LogP) is 5.51. The second-order valence-electron chi connectivity index (χ2n) is 7.99. The lowest BCUT2D eigenvalue weighted by Gasteiger charge is -2.20. The van der Waals surface area contributed by atoms with E-state index in [4.69, 9.17) is 0 Å². The summed E-state index contributed by atoms with van der Waals surface area (Å²) in [7, 11) is 0. The Morgan fingerprint density at radius 2 is 1.82 bits per heavy atom. The lowest BCUT2D eigenvalue weighted by Crippen LogP contribution is -2.16. The smallest absolute Gasteiger partial charge is 0.193 e. The van der Waals surface area contributed by atoms with Gasteiger partial charge in [0, 0.05) is 47.9 Å². The van der Waals surface area contributed by atoms with Gasteiger partial charge < -0.3 is 5.32 Å². The molecular weight excluding hydrogens is 430 g/mol. The van der Waals surface area contributed by atoms with E-state index in [-0.39, 0.29) is 17.1 Å². The summed E-state index contributed by atoms with van der Waals surface area (Å²) in [4.78, 5) is 30.2. The van der Waals surface area contributed by atoms with Gasteiger partial charge in [-0.2, -0.15) is 0 Å². The molecule has 0 spiro atoms. The van der Waals surface area contributed by atoms with E-state index in [2.05, 4.69) is 14.9 Å². The first-order valence-electron chi connectivity index (χ1n) is 10.9. The summed E-state index contributed by atoms with van der Waals surface area (Å²) in [6.45, 7) is 0. The molecule has 0 bridgehead atoms. The maximum Gasteiger partial charge on any atom is 0.193 e. The van der Waals surface area contributed by atoms with E-state index in [0.717, 1.165) is 28.2 Å². The summed E-state index contributed by atoms with van der Waals surface area (Å²) < 4.78 is 2.05. The van der Waals surface area contributed by atoms with Gasteiger partial charge in [-0.3, -0.25) is 19.1 Å². The Morgan fingerprint density at radius 3 is 2.55 bits per heavy atom. The van der Waals surface area contributed by atoms with Crippen molar-refractivity contribution in [2.24, 2.45) is 5.92 Å². The molecule has 5 nitrogen and oxygen atoms in total. The molecule has 0 radical (unpaired) electrons. The number of anilines is 2. The molecule has 4 aromatic rings. The number of pyridine rings is 2. The van der Waals surface area contributed by atoms with Crippen molar-refractivity contribution in [1.29, 1.82) is 0 Å². The van der Waals surface area contributed by atoms with Crippen LogP contribution in [0.15, 0.2) is 95.4 Å². The summed E-state index contributed by atoms with van der Waals surface area (Å²) in [6, 6.07) is 21.3. The number of nitrogens with zero attached hydrogens (tertiary/aromatic N) is 2. The topological polar surface area (TPSA) is 64.0 Å². The van der Waals surface area contributed by atoms with Crippen LogP contribution in [0.1, 0.15) is 12.0 Å². The summed E-state index contributed by atoms with van der Waals surface area (Å²) >= 11 is 1.67. The highest BCUT2D eigenvalue weighted by atomic mass is 32.2. The molecule has 5 rings (SSSR count). The molecule has 0 saturated carbocycles. The van der Waals surface area contributed by atoms with Gasteiger partial charge in [0.15, 0.2) is 5.43 Å². The Kier molecular flexibility index (Phi) is 6.09. The Morgan fingerprint density at radius 1 is 1.06 bits per heavy atom. The zero-order chi connectivity index (χ0) is 22.6. The number of hydrogen-bond acceptors (Lipinski definition) is 5. The van der Waals surface area contributed by atoms with E-state index in [0.29, 0.717) is 24.0 Å². The van der Waals surface area contributed by atoms with Crippen LogP contribution in [-0.2, 0) is 11.2 Å². The monoisotopic (exact) mass is 453 g/mol. The molecule has 0 fully saturated rings. The van der Waals surface area contributed by atoms with Crippen molar-refractivity contribution < 1.29 is 4.79 Å². The fraction of sp³-hybridized carbons (Fsp3) is 0.148. The number of ketones is 1. The number of fused-ring (bicyclic) bond motifs is 1. The Bertz CT molecular complexity index is 1380. The number of benzene rings is 2. The molecule has 6 heteroatoms. The van der Waals surface area contributed by atoms with Crippen molar-refractivity contribution in [3.8, 4) is 5.69 Å². The van der Waals surface area contributed by atoms with Crippen LogP contribution in [0.3, 0.4) is 0 Å². The number of allylic oxidation sites excluding steroid dienone is 1. The number of thioether (sulfide) groups is 1. The average Bonchev–Trinajstić information content (AvgIpc) is 3.39. The first-order valence-corrected chi connectivity index (χ1v) is 12.0. The molecular formula is C27H23N3O2S. The van der Waals surface area contributed by atoms with Gasteiger partial charge in [-0.25, -0.2) is 0 Å². The molecule has 1 aliphatic heterocycles. The number of Topliss-reactive ketones (excluding diaryl/α,β-unsaturated/α-hetero) is 1. The maximum absolute atomic E-state index is 13.1. The molecule has 0 saturated heterocycles. The molecule has 1 unspecified atom stereocenters. The summed E-state index contributed by atoms with van der Waals surface area (Å²) in [6.07, 6.45) is 6.32. The van der Waals surface area contributed by atoms with Crippen LogP contribution < -0.4 is 10.7 Å². The number of carbonyl (C=O) groups excluding carboxylic acids is 1. The van der Waals surface area contributed by atoms with Crippen molar-refractivity contribution in [3.63, 3.8) is 0 Å². The highest BCUT2D eigenvalue weighted by Crippen LogP contribution is 2.28. The molecule has 0 aliphatic carbocycles. The summed E-state index contributed by atoms with van der Waals surface area (Å²) in [5.74, 6) is 1.68. The Hall–Kier alpha value is -3.64. The van der Waals surface area contributed by atoms with Crippen molar-refractivity contribution in [3.05, 3.63) is 106 Å². The number of aryl methyl sites for hydroxylation is 1. The number of aromatic nitrogens is 2. The molecule has 1 N–H and O–H groups in total. The SMILES string of the molecule is O=C(CCc1cncc2c(=O)cc(Nc3ccccc3)n(-c3ccccc3)c12)C1C=CSC1. The first-order chi connectivity index (χ1) is 16.2. The van der Waals surface area contributed by atoms with E-state index in [9.17, 15) is 9.59 Å². The van der Waals surface area contributed by atoms with Gasteiger partial charge in [0.25, 0.3) is 0 Å². The zero-order valence-electron chi connectivity index (χ0n) is 18.0. The number of nitrogens with one attached hydrogen (secondary N) is 1. The van der Waals surface area contributed by atoms with E-state index in [1.54, 1.807) is 30.2 Å². The molecule has 164 valence electrons. The van der Waals surface area contributed by atoms with E-state index in [1.165, 1.54) is 0 Å². The molecule has 0 amide bonds. The minimum Gasteiger partial charge on any atom is -0.341 e. The lowest BCUT2D eigenvalue weighted by atomic mass is 9.99. The van der Waals surface area contributed by atoms with E-state index in [1.807, 2.05) is 72.1 Å². The number of para-hydroxylation sites is 2. The average molecular weight is 454 g/mol. The van der Waals surface area contributed by atoms with Gasteiger partial charge in [0.05, 0.1) is 10.9 Å². The molecule has 1 aliphatic rings. The third-order valence-electron chi connectivity index (χ3n) is 5.79. The van der Waals surface area contributed by atoms with Crippen molar-refractivity contribution in [2.45, 2.75) is 12.8 Å². The third-order valence-corrected chi connectivity index (χ3v) is 6.69. The fourth-order valence-electron chi connectivity index (χ4n) is 4.13. The van der Waals surface area contributed by atoms with Crippen LogP contribution in [0.4, 0.5) is 11.5 Å². The minimum atomic E-state index is -0.105. The van der Waals surface area contributed by atoms with Crippen molar-refractivity contribution >= 4 is 40.0 Å². The van der Waals surface area contributed by atoms with Crippen LogP contribution in [0, 0.1) is 5.92 Å². The van der Waals surface area contributed by atoms with Crippen molar-refractivity contribution in [1.82, 2.24) is 9.55 Å². The largest absolute Gasteiger partial charge is 0.341 e. The van der Waals surface area contributed by atoms with E-state index < -0.39 is 0 Å². The number of carbonyl (C=O) groups is 1. The first kappa shape index (κ1) is 21.2. The highest BCUT2D eigenvalue weighted by Gasteiger charge is 2.20. The summed E-state index contributed by atoms with van der Waals surface area (Å²) in [5.41, 5.74) is 3.37. The standard InChI is InChI=1S/C27H23N3O2S/c31-24(20-13-14-33-18-20)12-11-19-16-28-17-23-25(32)15-26(29-21-7-3-1-4-8-21)30(27(19)23)22-9-5-2-6-10-22/h1-10,13-17,20,29H,11-12,18H2. The Labute approximate surface area is 196 Å². The molecule has 1 atom stereocenters. The van der Waals surface area contributed by atoms with Gasteiger partial charge >= 0.3 is 0 Å². The van der Waals surface area contributed by atoms with Crippen LogP contribution in [0.25, 0.3) is 16.6 Å². The fourth-order valence-corrected chi connectivity index (χ4v) is 5.04. The highest BCUT2D eigenvalue weighted by molar-refractivity contribution is 8.02. The lowest BCUT2D eigenvalue weighted by molar-refractivity contribution is -0.120. The molecule has 2 aromatic heterocycles. The van der Waals surface area contributed by atoms with Gasteiger partial charge in [0.2, 0.25) is 0 Å². The molecule has 33 heavy (non-hydrogen) atoms. The van der Waals surface area contributed by atoms with Crippen molar-refractivity contribution in [2.75, 3.05) is 11.1 Å². The van der Waals surface area contributed by atoms with Crippen LogP contribution in [0.5, 0.6) is 0 Å². The van der Waals surface area contributed by atoms with Gasteiger partial charge in [-0.1, -0.05) is 42.5 Å². The van der Waals surface area contributed by atoms with Gasteiger partial charge in [-0.15, -0.1) is 11.8 Å². The second-order valence-corrected chi connectivity index (χ2v) is 8.92. The molecule has 3 heterocycles.